The highest BCUT2D eigenvalue weighted by molar-refractivity contribution is 6.33. The van der Waals surface area contributed by atoms with E-state index in [2.05, 4.69) is 10.5 Å². The smallest absolute Gasteiger partial charge is 0.337 e. The number of carbonyl (C=O) groups is 2. The van der Waals surface area contributed by atoms with Crippen LogP contribution in [0.15, 0.2) is 64.1 Å². The third kappa shape index (κ3) is 4.60. The van der Waals surface area contributed by atoms with Crippen molar-refractivity contribution < 1.29 is 18.7 Å². The second-order valence-electron chi connectivity index (χ2n) is 5.59. The highest BCUT2D eigenvalue weighted by Crippen LogP contribution is 2.30. The van der Waals surface area contributed by atoms with Gasteiger partial charge in [0.15, 0.2) is 0 Å². The van der Waals surface area contributed by atoms with Crippen molar-refractivity contribution in [2.75, 3.05) is 7.11 Å². The molecule has 0 aliphatic carbocycles. The molecule has 28 heavy (non-hydrogen) atoms. The van der Waals surface area contributed by atoms with Crippen LogP contribution in [0.4, 0.5) is 0 Å². The number of rotatable bonds is 5. The molecule has 1 aromatic heterocycles. The molecule has 6 nitrogen and oxygen atoms in total. The van der Waals surface area contributed by atoms with E-state index in [0.29, 0.717) is 38.3 Å². The molecule has 3 aromatic rings. The van der Waals surface area contributed by atoms with Crippen molar-refractivity contribution in [2.24, 2.45) is 5.10 Å². The first-order valence-corrected chi connectivity index (χ1v) is 8.80. The van der Waals surface area contributed by atoms with Gasteiger partial charge in [-0.15, -0.1) is 0 Å². The van der Waals surface area contributed by atoms with Gasteiger partial charge in [-0.05, 0) is 54.6 Å². The van der Waals surface area contributed by atoms with Crippen molar-refractivity contribution in [2.45, 2.75) is 0 Å². The lowest BCUT2D eigenvalue weighted by atomic mass is 10.1. The number of hydrogen-bond acceptors (Lipinski definition) is 5. The first-order valence-electron chi connectivity index (χ1n) is 8.05. The average molecular weight is 417 g/mol. The molecular weight excluding hydrogens is 403 g/mol. The summed E-state index contributed by atoms with van der Waals surface area (Å²) in [6.07, 6.45) is 1.36. The topological polar surface area (TPSA) is 80.9 Å². The van der Waals surface area contributed by atoms with Gasteiger partial charge in [-0.1, -0.05) is 23.2 Å². The van der Waals surface area contributed by atoms with Gasteiger partial charge in [0.05, 0.1) is 23.9 Å². The molecule has 0 aliphatic rings. The van der Waals surface area contributed by atoms with E-state index < -0.39 is 5.97 Å². The Labute approximate surface area is 170 Å². The lowest BCUT2D eigenvalue weighted by Crippen LogP contribution is -2.17. The second kappa shape index (κ2) is 8.73. The fraction of sp³-hybridized carbons (Fsp3) is 0.0500. The quantitative estimate of drug-likeness (QED) is 0.367. The summed E-state index contributed by atoms with van der Waals surface area (Å²) in [6.45, 7) is 0. The number of nitrogens with zero attached hydrogens (tertiary/aromatic N) is 1. The number of carbonyl (C=O) groups excluding carboxylic acids is 2. The summed E-state index contributed by atoms with van der Waals surface area (Å²) in [7, 11) is 1.30. The van der Waals surface area contributed by atoms with Crippen LogP contribution in [-0.2, 0) is 4.74 Å². The molecule has 8 heteroatoms. The van der Waals surface area contributed by atoms with Gasteiger partial charge in [0.1, 0.15) is 11.5 Å². The van der Waals surface area contributed by atoms with Crippen molar-refractivity contribution >= 4 is 41.3 Å². The standard InChI is InChI=1S/C20H14Cl2N2O4/c1-27-20(26)13-4-8-17(22)16(10-13)18-9-7-15(28-18)11-23-24-19(25)12-2-5-14(21)6-3-12/h2-11H,1H3,(H,24,25). The number of hydrogen-bond donors (Lipinski definition) is 1. The van der Waals surface area contributed by atoms with E-state index in [-0.39, 0.29) is 5.91 Å². The maximum atomic E-state index is 12.0. The average Bonchev–Trinajstić information content (AvgIpc) is 3.16. The van der Waals surface area contributed by atoms with Gasteiger partial charge in [-0.2, -0.15) is 5.10 Å². The van der Waals surface area contributed by atoms with Crippen LogP contribution in [0.25, 0.3) is 11.3 Å². The monoisotopic (exact) mass is 416 g/mol. The molecule has 3 rings (SSSR count). The minimum Gasteiger partial charge on any atom is -0.465 e. The fourth-order valence-corrected chi connectivity index (χ4v) is 2.68. The summed E-state index contributed by atoms with van der Waals surface area (Å²) < 4.78 is 10.4. The first-order chi connectivity index (χ1) is 13.5. The molecule has 0 saturated carbocycles. The molecule has 1 amide bonds. The van der Waals surface area contributed by atoms with Gasteiger partial charge in [-0.3, -0.25) is 4.79 Å². The lowest BCUT2D eigenvalue weighted by Gasteiger charge is -2.04. The van der Waals surface area contributed by atoms with Crippen molar-refractivity contribution in [3.63, 3.8) is 0 Å². The summed E-state index contributed by atoms with van der Waals surface area (Å²) in [5, 5.41) is 4.83. The van der Waals surface area contributed by atoms with Gasteiger partial charge in [0.25, 0.3) is 5.91 Å². The number of hydrazone groups is 1. The van der Waals surface area contributed by atoms with Gasteiger partial charge >= 0.3 is 5.97 Å². The SMILES string of the molecule is COC(=O)c1ccc(Cl)c(-c2ccc(C=NNC(=O)c3ccc(Cl)cc3)o2)c1. The predicted molar refractivity (Wildman–Crippen MR) is 107 cm³/mol. The summed E-state index contributed by atoms with van der Waals surface area (Å²) in [4.78, 5) is 23.7. The molecule has 0 unspecified atom stereocenters. The molecule has 0 fully saturated rings. The predicted octanol–water partition coefficient (Wildman–Crippen LogP) is 4.80. The van der Waals surface area contributed by atoms with E-state index in [1.165, 1.54) is 13.3 Å². The van der Waals surface area contributed by atoms with Gasteiger partial charge < -0.3 is 9.15 Å². The van der Waals surface area contributed by atoms with Crippen LogP contribution in [0.1, 0.15) is 26.5 Å². The number of esters is 1. The van der Waals surface area contributed by atoms with Crippen LogP contribution >= 0.6 is 23.2 Å². The molecule has 2 aromatic carbocycles. The van der Waals surface area contributed by atoms with Gasteiger partial charge in [-0.25, -0.2) is 10.2 Å². The van der Waals surface area contributed by atoms with Crippen LogP contribution in [-0.4, -0.2) is 25.2 Å². The molecule has 1 heterocycles. The number of amides is 1. The van der Waals surface area contributed by atoms with E-state index in [9.17, 15) is 9.59 Å². The first kappa shape index (κ1) is 19.7. The Morgan fingerprint density at radius 1 is 1.04 bits per heavy atom. The van der Waals surface area contributed by atoms with Crippen molar-refractivity contribution in [3.05, 3.63) is 81.5 Å². The van der Waals surface area contributed by atoms with Crippen LogP contribution in [0.5, 0.6) is 0 Å². The number of furan rings is 1. The van der Waals surface area contributed by atoms with Crippen LogP contribution < -0.4 is 5.43 Å². The molecular formula is C20H14Cl2N2O4. The molecule has 0 spiro atoms. The number of benzene rings is 2. The van der Waals surface area contributed by atoms with E-state index in [4.69, 9.17) is 32.4 Å². The van der Waals surface area contributed by atoms with Crippen molar-refractivity contribution in [3.8, 4) is 11.3 Å². The van der Waals surface area contributed by atoms with E-state index in [1.54, 1.807) is 54.6 Å². The normalized spacial score (nSPS) is 10.8. The lowest BCUT2D eigenvalue weighted by molar-refractivity contribution is 0.0600. The summed E-state index contributed by atoms with van der Waals surface area (Å²) in [5.41, 5.74) is 3.71. The largest absolute Gasteiger partial charge is 0.465 e. The maximum absolute atomic E-state index is 12.0. The van der Waals surface area contributed by atoms with E-state index >= 15 is 0 Å². The molecule has 0 atom stereocenters. The summed E-state index contributed by atoms with van der Waals surface area (Å²) in [5.74, 6) is -0.0168. The Hall–Kier alpha value is -3.09. The Morgan fingerprint density at radius 2 is 1.75 bits per heavy atom. The molecule has 1 N–H and O–H groups in total. The molecule has 142 valence electrons. The van der Waals surface area contributed by atoms with Crippen LogP contribution in [0, 0.1) is 0 Å². The van der Waals surface area contributed by atoms with Crippen molar-refractivity contribution in [1.29, 1.82) is 0 Å². The Morgan fingerprint density at radius 3 is 2.46 bits per heavy atom. The zero-order valence-electron chi connectivity index (χ0n) is 14.6. The van der Waals surface area contributed by atoms with Gasteiger partial charge in [0.2, 0.25) is 0 Å². The highest BCUT2D eigenvalue weighted by Gasteiger charge is 2.13. The number of nitrogens with one attached hydrogen (secondary N) is 1. The second-order valence-corrected chi connectivity index (χ2v) is 6.44. The number of halogens is 2. The third-order valence-electron chi connectivity index (χ3n) is 3.74. The zero-order valence-corrected chi connectivity index (χ0v) is 16.1. The highest BCUT2D eigenvalue weighted by atomic mass is 35.5. The third-order valence-corrected chi connectivity index (χ3v) is 4.33. The molecule has 0 radical (unpaired) electrons. The number of methoxy groups -OCH3 is 1. The summed E-state index contributed by atoms with van der Waals surface area (Å²) in [6, 6.07) is 14.5. The summed E-state index contributed by atoms with van der Waals surface area (Å²) >= 11 is 12.0. The minimum absolute atomic E-state index is 0.351. The Balaban J connectivity index is 1.72. The van der Waals surface area contributed by atoms with Gasteiger partial charge in [0, 0.05) is 16.1 Å². The fourth-order valence-electron chi connectivity index (χ4n) is 2.35. The molecule has 0 bridgehead atoms. The van der Waals surface area contributed by atoms with Crippen LogP contribution in [0.2, 0.25) is 10.0 Å². The van der Waals surface area contributed by atoms with E-state index in [0.717, 1.165) is 0 Å². The number of ether oxygens (including phenoxy) is 1. The van der Waals surface area contributed by atoms with Crippen LogP contribution in [0.3, 0.4) is 0 Å². The molecule has 0 saturated heterocycles. The van der Waals surface area contributed by atoms with Crippen molar-refractivity contribution in [1.82, 2.24) is 5.43 Å². The Kier molecular flexibility index (Phi) is 6.13. The molecule has 0 aliphatic heterocycles. The minimum atomic E-state index is -0.476. The van der Waals surface area contributed by atoms with E-state index in [1.807, 2.05) is 0 Å². The zero-order chi connectivity index (χ0) is 20.1. The maximum Gasteiger partial charge on any atom is 0.337 e. The Bertz CT molecular complexity index is 1040.